The quantitative estimate of drug-likeness (QED) is 0.234. The number of fused-ring (bicyclic) bond motifs is 11. The number of nitrogens with zero attached hydrogens (tertiary/aromatic N) is 5. The number of aromatic nitrogens is 5. The molecule has 5 nitrogen and oxygen atoms in total. The molecule has 0 atom stereocenters. The number of benzene rings is 5. The predicted molar refractivity (Wildman–Crippen MR) is 164 cm³/mol. The Balaban J connectivity index is 1.67. The fourth-order valence-electron chi connectivity index (χ4n) is 6.53. The Morgan fingerprint density at radius 2 is 1.12 bits per heavy atom. The third kappa shape index (κ3) is 2.73. The van der Waals surface area contributed by atoms with Crippen molar-refractivity contribution < 1.29 is 0 Å². The second-order valence-electron chi connectivity index (χ2n) is 10.2. The lowest BCUT2D eigenvalue weighted by Gasteiger charge is -2.14. The van der Waals surface area contributed by atoms with E-state index in [-0.39, 0.29) is 0 Å². The first-order valence-electron chi connectivity index (χ1n) is 13.4. The molecular formula is C35H21N5. The van der Waals surface area contributed by atoms with Crippen molar-refractivity contribution in [2.75, 3.05) is 0 Å². The Hall–Kier alpha value is -5.55. The van der Waals surface area contributed by atoms with Crippen LogP contribution in [0.3, 0.4) is 0 Å². The van der Waals surface area contributed by atoms with Gasteiger partial charge in [0, 0.05) is 55.8 Å². The van der Waals surface area contributed by atoms with Crippen molar-refractivity contribution in [1.82, 2.24) is 24.1 Å². The molecule has 9 aromatic rings. The molecule has 0 N–H and O–H groups in total. The van der Waals surface area contributed by atoms with E-state index in [0.29, 0.717) is 0 Å². The average Bonchev–Trinajstić information content (AvgIpc) is 3.55. The maximum atomic E-state index is 4.92. The molecule has 0 fully saturated rings. The van der Waals surface area contributed by atoms with Crippen LogP contribution in [0.1, 0.15) is 0 Å². The topological polar surface area (TPSA) is 48.5 Å². The minimum Gasteiger partial charge on any atom is -0.307 e. The Morgan fingerprint density at radius 1 is 0.475 bits per heavy atom. The summed E-state index contributed by atoms with van der Waals surface area (Å²) in [5.74, 6) is 0. The third-order valence-electron chi connectivity index (χ3n) is 8.09. The second-order valence-corrected chi connectivity index (χ2v) is 10.2. The van der Waals surface area contributed by atoms with Crippen LogP contribution < -0.4 is 0 Å². The lowest BCUT2D eigenvalue weighted by atomic mass is 10.0. The summed E-state index contributed by atoms with van der Waals surface area (Å²) in [7, 11) is 0. The summed E-state index contributed by atoms with van der Waals surface area (Å²) in [6.45, 7) is 0. The van der Waals surface area contributed by atoms with Crippen LogP contribution in [-0.4, -0.2) is 24.1 Å². The standard InChI is InChI=1S/C35H21N5/c1-2-11-23(12-3-1)39-28-16-8-6-14-25(28)31-27-19-37-21-38-33(27)32-26-15-7-9-17-29(26)40(35(32)34(31)39)30-20-36-18-22-10-4-5-13-24(22)30/h1-21H. The first-order valence-corrected chi connectivity index (χ1v) is 13.4. The molecule has 0 aliphatic rings. The van der Waals surface area contributed by atoms with Gasteiger partial charge in [-0.3, -0.25) is 4.98 Å². The van der Waals surface area contributed by atoms with E-state index in [2.05, 4.69) is 117 Å². The van der Waals surface area contributed by atoms with Crippen molar-refractivity contribution in [1.29, 1.82) is 0 Å². The summed E-state index contributed by atoms with van der Waals surface area (Å²) in [6, 6.07) is 36.3. The zero-order chi connectivity index (χ0) is 26.2. The molecular weight excluding hydrogens is 490 g/mol. The second kappa shape index (κ2) is 7.98. The van der Waals surface area contributed by atoms with Crippen molar-refractivity contribution in [3.8, 4) is 11.4 Å². The highest BCUT2D eigenvalue weighted by Crippen LogP contribution is 2.46. The highest BCUT2D eigenvalue weighted by molar-refractivity contribution is 6.35. The van der Waals surface area contributed by atoms with Gasteiger partial charge in [-0.25, -0.2) is 9.97 Å². The highest BCUT2D eigenvalue weighted by Gasteiger charge is 2.25. The van der Waals surface area contributed by atoms with Crippen LogP contribution in [0.25, 0.3) is 76.7 Å². The minimum atomic E-state index is 0.955. The van der Waals surface area contributed by atoms with Crippen molar-refractivity contribution in [2.24, 2.45) is 0 Å². The summed E-state index contributed by atoms with van der Waals surface area (Å²) in [6.07, 6.45) is 7.55. The van der Waals surface area contributed by atoms with Gasteiger partial charge in [0.2, 0.25) is 0 Å². The molecule has 0 spiro atoms. The van der Waals surface area contributed by atoms with Gasteiger partial charge in [-0.15, -0.1) is 0 Å². The molecule has 0 amide bonds. The van der Waals surface area contributed by atoms with Gasteiger partial charge in [0.15, 0.2) is 0 Å². The Morgan fingerprint density at radius 3 is 1.95 bits per heavy atom. The summed E-state index contributed by atoms with van der Waals surface area (Å²) in [5, 5.41) is 7.91. The Kier molecular flexibility index (Phi) is 4.27. The fourth-order valence-corrected chi connectivity index (χ4v) is 6.53. The maximum Gasteiger partial charge on any atom is 0.116 e. The van der Waals surface area contributed by atoms with Crippen LogP contribution in [0.2, 0.25) is 0 Å². The van der Waals surface area contributed by atoms with Crippen molar-refractivity contribution in [2.45, 2.75) is 0 Å². The number of hydrogen-bond acceptors (Lipinski definition) is 3. The molecule has 186 valence electrons. The molecule has 0 aliphatic heterocycles. The van der Waals surface area contributed by atoms with Crippen LogP contribution in [0, 0.1) is 0 Å². The smallest absolute Gasteiger partial charge is 0.116 e. The van der Waals surface area contributed by atoms with E-state index in [4.69, 9.17) is 9.97 Å². The van der Waals surface area contributed by atoms with Gasteiger partial charge < -0.3 is 9.13 Å². The van der Waals surface area contributed by atoms with Crippen LogP contribution >= 0.6 is 0 Å². The van der Waals surface area contributed by atoms with E-state index in [0.717, 1.165) is 71.3 Å². The van der Waals surface area contributed by atoms with E-state index >= 15 is 0 Å². The molecule has 4 heterocycles. The summed E-state index contributed by atoms with van der Waals surface area (Å²) < 4.78 is 4.79. The number of hydrogen-bond donors (Lipinski definition) is 0. The Labute approximate surface area is 228 Å². The molecule has 0 unspecified atom stereocenters. The van der Waals surface area contributed by atoms with Crippen molar-refractivity contribution in [3.63, 3.8) is 0 Å². The van der Waals surface area contributed by atoms with Crippen molar-refractivity contribution in [3.05, 3.63) is 128 Å². The summed E-state index contributed by atoms with van der Waals surface area (Å²) >= 11 is 0. The molecule has 5 heteroatoms. The lowest BCUT2D eigenvalue weighted by molar-refractivity contribution is 1.14. The van der Waals surface area contributed by atoms with E-state index < -0.39 is 0 Å². The van der Waals surface area contributed by atoms with Gasteiger partial charge in [0.1, 0.15) is 6.33 Å². The molecule has 5 aromatic carbocycles. The van der Waals surface area contributed by atoms with E-state index in [1.807, 2.05) is 18.6 Å². The lowest BCUT2D eigenvalue weighted by Crippen LogP contribution is -2.00. The van der Waals surface area contributed by atoms with Gasteiger partial charge in [0.25, 0.3) is 0 Å². The third-order valence-corrected chi connectivity index (χ3v) is 8.09. The average molecular weight is 512 g/mol. The zero-order valence-corrected chi connectivity index (χ0v) is 21.4. The molecule has 0 aliphatic carbocycles. The first-order chi connectivity index (χ1) is 19.9. The summed E-state index contributed by atoms with van der Waals surface area (Å²) in [5.41, 5.74) is 7.62. The minimum absolute atomic E-state index is 0.955. The largest absolute Gasteiger partial charge is 0.307 e. The molecule has 0 saturated heterocycles. The van der Waals surface area contributed by atoms with Gasteiger partial charge in [0.05, 0.1) is 39.5 Å². The van der Waals surface area contributed by atoms with E-state index in [9.17, 15) is 0 Å². The van der Waals surface area contributed by atoms with E-state index in [1.165, 1.54) is 5.39 Å². The van der Waals surface area contributed by atoms with Crippen LogP contribution in [0.4, 0.5) is 0 Å². The predicted octanol–water partition coefficient (Wildman–Crippen LogP) is 8.37. The molecule has 9 rings (SSSR count). The highest BCUT2D eigenvalue weighted by atomic mass is 15.1. The maximum absolute atomic E-state index is 4.92. The number of pyridine rings is 1. The van der Waals surface area contributed by atoms with E-state index in [1.54, 1.807) is 6.33 Å². The molecule has 0 saturated carbocycles. The molecule has 0 bridgehead atoms. The summed E-state index contributed by atoms with van der Waals surface area (Å²) in [4.78, 5) is 14.1. The zero-order valence-electron chi connectivity index (χ0n) is 21.4. The van der Waals surface area contributed by atoms with Gasteiger partial charge in [-0.1, -0.05) is 78.9 Å². The number of rotatable bonds is 2. The Bertz CT molecular complexity index is 2430. The van der Waals surface area contributed by atoms with Gasteiger partial charge in [-0.05, 0) is 24.3 Å². The first kappa shape index (κ1) is 21.4. The molecule has 40 heavy (non-hydrogen) atoms. The van der Waals surface area contributed by atoms with Crippen LogP contribution in [0.5, 0.6) is 0 Å². The SMILES string of the molecule is c1ccc(-n2c3ccccc3c3c4cncnc4c4c5ccccc5n(-c5cncc6ccccc56)c4c32)cc1. The molecule has 0 radical (unpaired) electrons. The van der Waals surface area contributed by atoms with Crippen LogP contribution in [-0.2, 0) is 0 Å². The number of para-hydroxylation sites is 3. The van der Waals surface area contributed by atoms with Gasteiger partial charge in [-0.2, -0.15) is 0 Å². The monoisotopic (exact) mass is 511 g/mol. The molecule has 4 aromatic heterocycles. The van der Waals surface area contributed by atoms with Crippen LogP contribution in [0.15, 0.2) is 128 Å². The fraction of sp³-hybridized carbons (Fsp3) is 0. The normalized spacial score (nSPS) is 12.0. The van der Waals surface area contributed by atoms with Crippen molar-refractivity contribution >= 4 is 65.3 Å². The van der Waals surface area contributed by atoms with Gasteiger partial charge >= 0.3 is 0 Å².